The Morgan fingerprint density at radius 1 is 1.00 bits per heavy atom. The molecule has 0 aliphatic heterocycles. The number of hydrogen-bond acceptors (Lipinski definition) is 2. The van der Waals surface area contributed by atoms with Crippen LogP contribution in [0.4, 0.5) is 0 Å². The molecule has 100 valence electrons. The van der Waals surface area contributed by atoms with Crippen LogP contribution in [0.1, 0.15) is 18.1 Å². The van der Waals surface area contributed by atoms with Gasteiger partial charge in [0, 0.05) is 10.9 Å². The zero-order chi connectivity index (χ0) is 13.7. The van der Waals surface area contributed by atoms with Gasteiger partial charge in [-0.25, -0.2) is 0 Å². The van der Waals surface area contributed by atoms with Crippen LogP contribution in [-0.4, -0.2) is 6.61 Å². The molecule has 0 aliphatic rings. The molecular formula is C16H17BrO2. The molecule has 0 bridgehead atoms. The van der Waals surface area contributed by atoms with Crippen LogP contribution < -0.4 is 9.47 Å². The summed E-state index contributed by atoms with van der Waals surface area (Å²) in [6, 6.07) is 13.9. The zero-order valence-electron chi connectivity index (χ0n) is 11.2. The van der Waals surface area contributed by atoms with E-state index in [0.29, 0.717) is 6.61 Å². The van der Waals surface area contributed by atoms with Crippen LogP contribution in [-0.2, 0) is 5.33 Å². The monoisotopic (exact) mass is 320 g/mol. The quantitative estimate of drug-likeness (QED) is 0.715. The molecule has 0 saturated heterocycles. The van der Waals surface area contributed by atoms with Gasteiger partial charge in [-0.2, -0.15) is 0 Å². The van der Waals surface area contributed by atoms with Crippen LogP contribution in [0.25, 0.3) is 0 Å². The lowest BCUT2D eigenvalue weighted by Gasteiger charge is -2.13. The minimum atomic E-state index is 0.625. The molecular weight excluding hydrogens is 304 g/mol. The highest BCUT2D eigenvalue weighted by Crippen LogP contribution is 2.33. The Kier molecular flexibility index (Phi) is 4.86. The van der Waals surface area contributed by atoms with Crippen molar-refractivity contribution in [1.82, 2.24) is 0 Å². The number of rotatable bonds is 5. The van der Waals surface area contributed by atoms with Gasteiger partial charge in [0.15, 0.2) is 11.5 Å². The van der Waals surface area contributed by atoms with Crippen LogP contribution in [0.15, 0.2) is 42.5 Å². The van der Waals surface area contributed by atoms with E-state index in [0.717, 1.165) is 28.1 Å². The predicted molar refractivity (Wildman–Crippen MR) is 81.5 cm³/mol. The molecule has 0 amide bonds. The second-order valence-electron chi connectivity index (χ2n) is 4.23. The zero-order valence-corrected chi connectivity index (χ0v) is 12.7. The van der Waals surface area contributed by atoms with Gasteiger partial charge in [-0.1, -0.05) is 45.8 Å². The third-order valence-corrected chi connectivity index (χ3v) is 3.33. The molecule has 0 radical (unpaired) electrons. The number of aryl methyl sites for hydroxylation is 1. The van der Waals surface area contributed by atoms with Gasteiger partial charge in [0.05, 0.1) is 6.61 Å². The fourth-order valence-electron chi connectivity index (χ4n) is 1.84. The Balaban J connectivity index is 2.30. The third-order valence-electron chi connectivity index (χ3n) is 2.73. The maximum atomic E-state index is 5.98. The predicted octanol–water partition coefficient (Wildman–Crippen LogP) is 5.08. The van der Waals surface area contributed by atoms with E-state index in [1.54, 1.807) is 0 Å². The molecule has 0 unspecified atom stereocenters. The molecule has 0 saturated carbocycles. The Morgan fingerprint density at radius 2 is 1.74 bits per heavy atom. The average Bonchev–Trinajstić information content (AvgIpc) is 2.43. The summed E-state index contributed by atoms with van der Waals surface area (Å²) in [4.78, 5) is 0. The lowest BCUT2D eigenvalue weighted by Crippen LogP contribution is -1.96. The van der Waals surface area contributed by atoms with Gasteiger partial charge in [0.25, 0.3) is 0 Å². The van der Waals surface area contributed by atoms with Crippen molar-refractivity contribution < 1.29 is 9.47 Å². The molecule has 0 heterocycles. The van der Waals surface area contributed by atoms with Crippen LogP contribution in [0.3, 0.4) is 0 Å². The van der Waals surface area contributed by atoms with Gasteiger partial charge >= 0.3 is 0 Å². The highest BCUT2D eigenvalue weighted by atomic mass is 79.9. The smallest absolute Gasteiger partial charge is 0.169 e. The Hall–Kier alpha value is -1.48. The summed E-state index contributed by atoms with van der Waals surface area (Å²) in [5.74, 6) is 2.37. The van der Waals surface area contributed by atoms with Crippen molar-refractivity contribution in [2.75, 3.05) is 6.61 Å². The van der Waals surface area contributed by atoms with Crippen molar-refractivity contribution >= 4 is 15.9 Å². The van der Waals surface area contributed by atoms with Crippen LogP contribution >= 0.6 is 15.9 Å². The van der Waals surface area contributed by atoms with E-state index in [4.69, 9.17) is 9.47 Å². The number of benzene rings is 2. The van der Waals surface area contributed by atoms with E-state index < -0.39 is 0 Å². The third kappa shape index (κ3) is 3.51. The van der Waals surface area contributed by atoms with Crippen molar-refractivity contribution in [2.45, 2.75) is 19.2 Å². The van der Waals surface area contributed by atoms with E-state index in [1.165, 1.54) is 5.56 Å². The van der Waals surface area contributed by atoms with Crippen molar-refractivity contribution in [2.24, 2.45) is 0 Å². The molecule has 0 aliphatic carbocycles. The summed E-state index contributed by atoms with van der Waals surface area (Å²) < 4.78 is 11.6. The molecule has 2 nitrogen and oxygen atoms in total. The largest absolute Gasteiger partial charge is 0.490 e. The van der Waals surface area contributed by atoms with Crippen molar-refractivity contribution in [3.8, 4) is 17.2 Å². The first-order valence-electron chi connectivity index (χ1n) is 6.29. The Bertz CT molecular complexity index is 552. The van der Waals surface area contributed by atoms with Crippen molar-refractivity contribution in [1.29, 1.82) is 0 Å². The van der Waals surface area contributed by atoms with E-state index in [-0.39, 0.29) is 0 Å². The highest BCUT2D eigenvalue weighted by Gasteiger charge is 2.08. The van der Waals surface area contributed by atoms with Crippen molar-refractivity contribution in [3.05, 3.63) is 53.6 Å². The minimum Gasteiger partial charge on any atom is -0.490 e. The standard InChI is InChI=1S/C16H17BrO2/c1-3-18-15-6-4-5-7-16(15)19-14-9-8-12(2)10-13(14)11-17/h4-10H,3,11H2,1-2H3. The molecule has 2 aromatic rings. The molecule has 2 rings (SSSR count). The number of alkyl halides is 1. The second-order valence-corrected chi connectivity index (χ2v) is 4.79. The number of hydrogen-bond donors (Lipinski definition) is 0. The van der Waals surface area contributed by atoms with E-state index >= 15 is 0 Å². The molecule has 0 spiro atoms. The number of para-hydroxylation sites is 2. The lowest BCUT2D eigenvalue weighted by atomic mass is 10.1. The SMILES string of the molecule is CCOc1ccccc1Oc1ccc(C)cc1CBr. The van der Waals surface area contributed by atoms with Crippen LogP contribution in [0, 0.1) is 6.92 Å². The summed E-state index contributed by atoms with van der Waals surface area (Å²) in [5.41, 5.74) is 2.35. The summed E-state index contributed by atoms with van der Waals surface area (Å²) >= 11 is 3.49. The van der Waals surface area contributed by atoms with Crippen LogP contribution in [0.2, 0.25) is 0 Å². The molecule has 0 aromatic heterocycles. The highest BCUT2D eigenvalue weighted by molar-refractivity contribution is 9.08. The number of ether oxygens (including phenoxy) is 2. The summed E-state index contributed by atoms with van der Waals surface area (Å²) in [7, 11) is 0. The van der Waals surface area contributed by atoms with Crippen molar-refractivity contribution in [3.63, 3.8) is 0 Å². The summed E-state index contributed by atoms with van der Waals surface area (Å²) in [6.07, 6.45) is 0. The normalized spacial score (nSPS) is 10.3. The second kappa shape index (κ2) is 6.62. The topological polar surface area (TPSA) is 18.5 Å². The maximum Gasteiger partial charge on any atom is 0.169 e. The number of halogens is 1. The lowest BCUT2D eigenvalue weighted by molar-refractivity contribution is 0.321. The first-order valence-corrected chi connectivity index (χ1v) is 7.42. The Morgan fingerprint density at radius 3 is 2.42 bits per heavy atom. The van der Waals surface area contributed by atoms with Gasteiger partial charge in [-0.3, -0.25) is 0 Å². The molecule has 3 heteroatoms. The first-order chi connectivity index (χ1) is 9.24. The molecule has 2 aromatic carbocycles. The van der Waals surface area contributed by atoms with Gasteiger partial charge in [-0.05, 0) is 32.0 Å². The van der Waals surface area contributed by atoms with Gasteiger partial charge in [0.1, 0.15) is 5.75 Å². The fraction of sp³-hybridized carbons (Fsp3) is 0.250. The first kappa shape index (κ1) is 13.9. The molecule has 0 atom stereocenters. The maximum absolute atomic E-state index is 5.98. The van der Waals surface area contributed by atoms with Gasteiger partial charge in [-0.15, -0.1) is 0 Å². The molecule has 0 N–H and O–H groups in total. The van der Waals surface area contributed by atoms with E-state index in [9.17, 15) is 0 Å². The fourth-order valence-corrected chi connectivity index (χ4v) is 2.28. The van der Waals surface area contributed by atoms with Crippen LogP contribution in [0.5, 0.6) is 17.2 Å². The van der Waals surface area contributed by atoms with E-state index in [2.05, 4.69) is 28.9 Å². The summed E-state index contributed by atoms with van der Waals surface area (Å²) in [5, 5.41) is 0.765. The molecule has 19 heavy (non-hydrogen) atoms. The average molecular weight is 321 g/mol. The Labute approximate surface area is 122 Å². The van der Waals surface area contributed by atoms with E-state index in [1.807, 2.05) is 43.3 Å². The minimum absolute atomic E-state index is 0.625. The molecule has 0 fully saturated rings. The summed E-state index contributed by atoms with van der Waals surface area (Å²) in [6.45, 7) is 4.66. The van der Waals surface area contributed by atoms with Gasteiger partial charge < -0.3 is 9.47 Å². The van der Waals surface area contributed by atoms with Gasteiger partial charge in [0.2, 0.25) is 0 Å².